The molecule has 0 saturated carbocycles. The van der Waals surface area contributed by atoms with Gasteiger partial charge in [-0.25, -0.2) is 9.69 Å². The van der Waals surface area contributed by atoms with Crippen LogP contribution in [-0.4, -0.2) is 38.8 Å². The zero-order valence-corrected chi connectivity index (χ0v) is 21.1. The molecule has 1 aromatic heterocycles. The van der Waals surface area contributed by atoms with E-state index in [1.807, 2.05) is 60.2 Å². The molecule has 1 aliphatic rings. The van der Waals surface area contributed by atoms with Crippen LogP contribution >= 0.6 is 0 Å². The lowest BCUT2D eigenvalue weighted by Gasteiger charge is -2.13. The van der Waals surface area contributed by atoms with E-state index in [9.17, 15) is 24.5 Å². The average Bonchev–Trinajstić information content (AvgIpc) is 3.40. The van der Waals surface area contributed by atoms with Crippen molar-refractivity contribution in [2.24, 2.45) is 0 Å². The van der Waals surface area contributed by atoms with Crippen molar-refractivity contribution in [2.45, 2.75) is 19.9 Å². The monoisotopic (exact) mass is 523 g/mol. The van der Waals surface area contributed by atoms with Crippen LogP contribution in [0.2, 0.25) is 0 Å². The molecule has 0 aliphatic carbocycles. The summed E-state index contributed by atoms with van der Waals surface area (Å²) in [6, 6.07) is 20.6. The lowest BCUT2D eigenvalue weighted by Crippen LogP contribution is -2.38. The summed E-state index contributed by atoms with van der Waals surface area (Å²) in [5.74, 6) is -1.08. The van der Waals surface area contributed by atoms with E-state index in [4.69, 9.17) is 0 Å². The van der Waals surface area contributed by atoms with Gasteiger partial charge in [-0.2, -0.15) is 0 Å². The number of aryl methyl sites for hydroxylation is 1. The number of imide groups is 1. The van der Waals surface area contributed by atoms with Crippen LogP contribution in [0.3, 0.4) is 0 Å². The van der Waals surface area contributed by atoms with Gasteiger partial charge in [0.05, 0.1) is 4.92 Å². The molecule has 10 nitrogen and oxygen atoms in total. The molecule has 1 fully saturated rings. The molecular formula is C29H25N5O5. The number of benzene rings is 3. The fraction of sp³-hybridized carbons (Fsp3) is 0.138. The largest absolute Gasteiger partial charge is 0.342 e. The summed E-state index contributed by atoms with van der Waals surface area (Å²) in [7, 11) is 0. The van der Waals surface area contributed by atoms with E-state index in [-0.39, 0.29) is 11.4 Å². The lowest BCUT2D eigenvalue weighted by atomic mass is 10.1. The molecule has 4 amide bonds. The van der Waals surface area contributed by atoms with E-state index in [2.05, 4.69) is 10.6 Å². The van der Waals surface area contributed by atoms with Crippen molar-refractivity contribution in [1.29, 1.82) is 0 Å². The third-order valence-electron chi connectivity index (χ3n) is 6.53. The number of hydrogen-bond donors (Lipinski definition) is 2. The maximum atomic E-state index is 13.1. The quantitative estimate of drug-likeness (QED) is 0.150. The summed E-state index contributed by atoms with van der Waals surface area (Å²) in [6.07, 6.45) is 4.13. The van der Waals surface area contributed by atoms with Gasteiger partial charge in [0.25, 0.3) is 11.6 Å². The van der Waals surface area contributed by atoms with E-state index < -0.39 is 29.3 Å². The first-order valence-electron chi connectivity index (χ1n) is 12.4. The average molecular weight is 524 g/mol. The number of nitrogens with zero attached hydrogens (tertiary/aromatic N) is 3. The molecule has 1 aliphatic heterocycles. The molecular weight excluding hydrogens is 498 g/mol. The number of nitro groups is 1. The first-order valence-corrected chi connectivity index (χ1v) is 12.4. The number of rotatable bonds is 8. The zero-order chi connectivity index (χ0) is 27.5. The van der Waals surface area contributed by atoms with Crippen LogP contribution in [0.4, 0.5) is 16.2 Å². The van der Waals surface area contributed by atoms with Gasteiger partial charge in [0.15, 0.2) is 0 Å². The van der Waals surface area contributed by atoms with Gasteiger partial charge < -0.3 is 15.2 Å². The van der Waals surface area contributed by atoms with E-state index >= 15 is 0 Å². The molecule has 0 bridgehead atoms. The number of anilines is 1. The fourth-order valence-electron chi connectivity index (χ4n) is 4.64. The summed E-state index contributed by atoms with van der Waals surface area (Å²) in [5, 5.41) is 17.4. The number of para-hydroxylation sites is 2. The number of aromatic nitrogens is 1. The summed E-state index contributed by atoms with van der Waals surface area (Å²) < 4.78 is 1.93. The molecule has 1 saturated heterocycles. The molecule has 3 aromatic carbocycles. The minimum atomic E-state index is -0.675. The standard InChI is InChI=1S/C29H25N5O5/c1-2-20-9-3-5-12-24(20)30-27(35)18-33-28(36)25(31-29(33)37)15-21-17-32(26-13-6-4-11-23(21)26)16-19-8-7-10-22(14-19)34(38)39/h3-15,17H,2,16,18H2,1H3,(H,30,35)(H,31,37)/b25-15+. The third kappa shape index (κ3) is 5.26. The lowest BCUT2D eigenvalue weighted by molar-refractivity contribution is -0.384. The van der Waals surface area contributed by atoms with Crippen molar-refractivity contribution in [2.75, 3.05) is 11.9 Å². The van der Waals surface area contributed by atoms with Crippen molar-refractivity contribution < 1.29 is 19.3 Å². The molecule has 0 unspecified atom stereocenters. The number of non-ortho nitro benzene ring substituents is 1. The van der Waals surface area contributed by atoms with Crippen LogP contribution < -0.4 is 10.6 Å². The number of nitro benzene ring substituents is 1. The highest BCUT2D eigenvalue weighted by atomic mass is 16.6. The third-order valence-corrected chi connectivity index (χ3v) is 6.53. The highest BCUT2D eigenvalue weighted by Crippen LogP contribution is 2.26. The van der Waals surface area contributed by atoms with Crippen LogP contribution in [0.5, 0.6) is 0 Å². The number of carbonyl (C=O) groups excluding carboxylic acids is 3. The summed E-state index contributed by atoms with van der Waals surface area (Å²) in [6.45, 7) is 1.92. The van der Waals surface area contributed by atoms with E-state index in [0.717, 1.165) is 33.4 Å². The van der Waals surface area contributed by atoms with Crippen molar-refractivity contribution in [1.82, 2.24) is 14.8 Å². The molecule has 2 heterocycles. The van der Waals surface area contributed by atoms with Gasteiger partial charge in [-0.1, -0.05) is 55.5 Å². The summed E-state index contributed by atoms with van der Waals surface area (Å²) in [5.41, 5.74) is 3.94. The minimum Gasteiger partial charge on any atom is -0.342 e. The van der Waals surface area contributed by atoms with E-state index in [1.54, 1.807) is 24.3 Å². The van der Waals surface area contributed by atoms with Gasteiger partial charge in [-0.3, -0.25) is 19.7 Å². The number of carbonyl (C=O) groups is 3. The van der Waals surface area contributed by atoms with Crippen LogP contribution in [0, 0.1) is 10.1 Å². The molecule has 5 rings (SSSR count). The highest BCUT2D eigenvalue weighted by Gasteiger charge is 2.35. The predicted molar refractivity (Wildman–Crippen MR) is 147 cm³/mol. The second-order valence-electron chi connectivity index (χ2n) is 9.09. The zero-order valence-electron chi connectivity index (χ0n) is 21.1. The SMILES string of the molecule is CCc1ccccc1NC(=O)CN1C(=O)N/C(=C/c2cn(Cc3cccc([N+](=O)[O-])c3)c3ccccc23)C1=O. The maximum absolute atomic E-state index is 13.1. The Hall–Kier alpha value is -5.25. The normalized spacial score (nSPS) is 14.2. The predicted octanol–water partition coefficient (Wildman–Crippen LogP) is 4.69. The Morgan fingerprint density at radius 1 is 1.05 bits per heavy atom. The topological polar surface area (TPSA) is 127 Å². The Morgan fingerprint density at radius 3 is 2.62 bits per heavy atom. The highest BCUT2D eigenvalue weighted by molar-refractivity contribution is 6.16. The maximum Gasteiger partial charge on any atom is 0.329 e. The van der Waals surface area contributed by atoms with Crippen LogP contribution in [0.25, 0.3) is 17.0 Å². The first-order chi connectivity index (χ1) is 18.8. The Balaban J connectivity index is 1.38. The fourth-order valence-corrected chi connectivity index (χ4v) is 4.64. The molecule has 0 radical (unpaired) electrons. The van der Waals surface area contributed by atoms with Gasteiger partial charge in [0.1, 0.15) is 12.2 Å². The Labute approximate surface area is 223 Å². The molecule has 196 valence electrons. The van der Waals surface area contributed by atoms with Gasteiger partial charge in [0.2, 0.25) is 5.91 Å². The Morgan fingerprint density at radius 2 is 1.82 bits per heavy atom. The van der Waals surface area contributed by atoms with Crippen molar-refractivity contribution in [3.63, 3.8) is 0 Å². The molecule has 2 N–H and O–H groups in total. The summed E-state index contributed by atoms with van der Waals surface area (Å²) >= 11 is 0. The second-order valence-corrected chi connectivity index (χ2v) is 9.09. The number of fused-ring (bicyclic) bond motifs is 1. The number of urea groups is 1. The van der Waals surface area contributed by atoms with Crippen molar-refractivity contribution in [3.05, 3.63) is 111 Å². The van der Waals surface area contributed by atoms with Crippen molar-refractivity contribution >= 4 is 46.2 Å². The van der Waals surface area contributed by atoms with Gasteiger partial charge in [-0.15, -0.1) is 0 Å². The molecule has 0 spiro atoms. The number of amides is 4. The van der Waals surface area contributed by atoms with Crippen LogP contribution in [0.15, 0.2) is 84.7 Å². The Kier molecular flexibility index (Phi) is 6.92. The molecule has 39 heavy (non-hydrogen) atoms. The molecule has 0 atom stereocenters. The van der Waals surface area contributed by atoms with Gasteiger partial charge >= 0.3 is 6.03 Å². The smallest absolute Gasteiger partial charge is 0.329 e. The van der Waals surface area contributed by atoms with Gasteiger partial charge in [0, 0.05) is 47.0 Å². The van der Waals surface area contributed by atoms with Crippen LogP contribution in [0.1, 0.15) is 23.6 Å². The molecule has 10 heteroatoms. The second kappa shape index (κ2) is 10.6. The van der Waals surface area contributed by atoms with Crippen molar-refractivity contribution in [3.8, 4) is 0 Å². The minimum absolute atomic E-state index is 0.00729. The molecule has 4 aromatic rings. The van der Waals surface area contributed by atoms with Crippen LogP contribution in [-0.2, 0) is 22.6 Å². The number of nitrogens with one attached hydrogen (secondary N) is 2. The van der Waals surface area contributed by atoms with E-state index in [0.29, 0.717) is 17.8 Å². The Bertz CT molecular complexity index is 1650. The van der Waals surface area contributed by atoms with Gasteiger partial charge in [-0.05, 0) is 35.8 Å². The first kappa shape index (κ1) is 25.4. The van der Waals surface area contributed by atoms with E-state index in [1.165, 1.54) is 12.1 Å². The summed E-state index contributed by atoms with van der Waals surface area (Å²) in [4.78, 5) is 50.0. The number of hydrogen-bond acceptors (Lipinski definition) is 5.